The van der Waals surface area contributed by atoms with Crippen LogP contribution in [-0.4, -0.2) is 15.0 Å². The maximum absolute atomic E-state index is 6.66. The number of ether oxygens (including phenoxy) is 1. The molecule has 1 aliphatic heterocycles. The fourth-order valence-electron chi connectivity index (χ4n) is 10.0. The van der Waals surface area contributed by atoms with Crippen LogP contribution in [0.4, 0.5) is 0 Å². The molecule has 11 aromatic rings. The van der Waals surface area contributed by atoms with E-state index in [-0.39, 0.29) is 0 Å². The van der Waals surface area contributed by atoms with E-state index in [1.165, 1.54) is 22.3 Å². The molecule has 0 N–H and O–H groups in total. The molecule has 0 amide bonds. The zero-order valence-electron chi connectivity index (χ0n) is 32.3. The highest BCUT2D eigenvalue weighted by molar-refractivity contribution is 6.14. The van der Waals surface area contributed by atoms with Crippen LogP contribution < -0.4 is 4.74 Å². The van der Waals surface area contributed by atoms with Gasteiger partial charge >= 0.3 is 0 Å². The van der Waals surface area contributed by atoms with Gasteiger partial charge in [0.1, 0.15) is 11.5 Å². The Morgan fingerprint density at radius 2 is 0.917 bits per heavy atom. The van der Waals surface area contributed by atoms with E-state index in [4.69, 9.17) is 19.7 Å². The first-order valence-corrected chi connectivity index (χ1v) is 20.4. The lowest BCUT2D eigenvalue weighted by Crippen LogP contribution is -2.32. The molecular weight excluding hydrogens is 731 g/mol. The molecule has 13 rings (SSSR count). The van der Waals surface area contributed by atoms with Gasteiger partial charge in [0.05, 0.1) is 39.0 Å². The molecule has 4 heterocycles. The van der Waals surface area contributed by atoms with Crippen molar-refractivity contribution < 1.29 is 4.74 Å². The molecule has 3 aromatic heterocycles. The van der Waals surface area contributed by atoms with Crippen molar-refractivity contribution in [3.8, 4) is 56.4 Å². The Hall–Kier alpha value is -7.95. The second-order valence-electron chi connectivity index (χ2n) is 15.9. The largest absolute Gasteiger partial charge is 0.457 e. The summed E-state index contributed by atoms with van der Waals surface area (Å²) in [6, 6.07) is 71.2. The van der Waals surface area contributed by atoms with E-state index < -0.39 is 5.41 Å². The summed E-state index contributed by atoms with van der Waals surface area (Å²) in [5.74, 6) is 1.76. The van der Waals surface area contributed by atoms with E-state index in [1.807, 2.05) is 6.07 Å². The van der Waals surface area contributed by atoms with Crippen LogP contribution in [0.3, 0.4) is 0 Å². The van der Waals surface area contributed by atoms with Crippen molar-refractivity contribution in [3.05, 3.63) is 222 Å². The quantitative estimate of drug-likeness (QED) is 0.168. The van der Waals surface area contributed by atoms with Crippen LogP contribution in [0.1, 0.15) is 22.3 Å². The normalized spacial score (nSPS) is 13.3. The number of hydrogen-bond donors (Lipinski definition) is 0. The maximum Gasteiger partial charge on any atom is 0.132 e. The molecule has 0 unspecified atom stereocenters. The molecule has 60 heavy (non-hydrogen) atoms. The van der Waals surface area contributed by atoms with Crippen LogP contribution in [0.5, 0.6) is 11.5 Å². The molecule has 0 bridgehead atoms. The Labute approximate surface area is 346 Å². The van der Waals surface area contributed by atoms with E-state index in [1.54, 1.807) is 0 Å². The summed E-state index contributed by atoms with van der Waals surface area (Å²) in [5, 5.41) is 5.46. The highest BCUT2D eigenvalue weighted by atomic mass is 16.5. The average molecular weight is 764 g/mol. The van der Waals surface area contributed by atoms with Gasteiger partial charge in [-0.05, 0) is 76.2 Å². The molecule has 278 valence electrons. The number of para-hydroxylation sites is 2. The number of pyridine rings is 3. The molecule has 8 aromatic carbocycles. The monoisotopic (exact) mass is 763 g/mol. The topological polar surface area (TPSA) is 47.9 Å². The second kappa shape index (κ2) is 12.5. The first-order chi connectivity index (χ1) is 29.7. The van der Waals surface area contributed by atoms with Gasteiger partial charge in [-0.2, -0.15) is 0 Å². The lowest BCUT2D eigenvalue weighted by atomic mass is 9.66. The van der Waals surface area contributed by atoms with E-state index in [0.717, 1.165) is 99.9 Å². The molecule has 1 aliphatic carbocycles. The summed E-state index contributed by atoms with van der Waals surface area (Å²) in [5.41, 5.74) is 15.4. The predicted molar refractivity (Wildman–Crippen MR) is 244 cm³/mol. The first-order valence-electron chi connectivity index (χ1n) is 20.4. The van der Waals surface area contributed by atoms with E-state index in [2.05, 4.69) is 194 Å². The minimum absolute atomic E-state index is 0.585. The standard InChI is InChI=1S/C56H33N3O/c1-3-13-34(14-4-1)48-28-25-36-23-24-37-26-29-49(58-55(37)54(36)57-48)38-27-30-50-42(31-38)40-33-47-41(32-43(40)53(59-50)35-15-5-2-6-16-35)39-17-7-8-18-44(39)56(47)45-19-9-11-21-51(45)60-52-22-12-10-20-46(52)56/h1-33H. The van der Waals surface area contributed by atoms with Crippen molar-refractivity contribution in [1.29, 1.82) is 0 Å². The third-order valence-electron chi connectivity index (χ3n) is 12.7. The molecule has 2 aliphatic rings. The first kappa shape index (κ1) is 33.1. The Morgan fingerprint density at radius 3 is 1.60 bits per heavy atom. The van der Waals surface area contributed by atoms with Crippen molar-refractivity contribution in [2.75, 3.05) is 0 Å². The van der Waals surface area contributed by atoms with Gasteiger partial charge in [0.15, 0.2) is 0 Å². The molecule has 0 atom stereocenters. The number of fused-ring (bicyclic) bond motifs is 15. The summed E-state index contributed by atoms with van der Waals surface area (Å²) in [4.78, 5) is 16.0. The van der Waals surface area contributed by atoms with Gasteiger partial charge in [0.2, 0.25) is 0 Å². The second-order valence-corrected chi connectivity index (χ2v) is 15.9. The summed E-state index contributed by atoms with van der Waals surface area (Å²) in [6.45, 7) is 0. The van der Waals surface area contributed by atoms with Crippen LogP contribution in [0.25, 0.3) is 88.4 Å². The van der Waals surface area contributed by atoms with E-state index in [9.17, 15) is 0 Å². The maximum atomic E-state index is 6.66. The van der Waals surface area contributed by atoms with Crippen LogP contribution in [0.2, 0.25) is 0 Å². The van der Waals surface area contributed by atoms with Crippen molar-refractivity contribution >= 4 is 43.5 Å². The van der Waals surface area contributed by atoms with Crippen LogP contribution in [0.15, 0.2) is 200 Å². The third kappa shape index (κ3) is 4.64. The van der Waals surface area contributed by atoms with Crippen molar-refractivity contribution in [3.63, 3.8) is 0 Å². The smallest absolute Gasteiger partial charge is 0.132 e. The summed E-state index contributed by atoms with van der Waals surface area (Å²) in [6.07, 6.45) is 0. The lowest BCUT2D eigenvalue weighted by Gasteiger charge is -2.39. The molecule has 1 spiro atoms. The highest BCUT2D eigenvalue weighted by Crippen LogP contribution is 2.62. The van der Waals surface area contributed by atoms with Gasteiger partial charge < -0.3 is 4.74 Å². The molecule has 0 fully saturated rings. The van der Waals surface area contributed by atoms with E-state index >= 15 is 0 Å². The van der Waals surface area contributed by atoms with Gasteiger partial charge in [-0.1, -0.05) is 152 Å². The number of hydrogen-bond acceptors (Lipinski definition) is 4. The summed E-state index contributed by atoms with van der Waals surface area (Å²) < 4.78 is 6.66. The minimum Gasteiger partial charge on any atom is -0.457 e. The van der Waals surface area contributed by atoms with Crippen molar-refractivity contribution in [2.24, 2.45) is 0 Å². The Bertz CT molecular complexity index is 3530. The Morgan fingerprint density at radius 1 is 0.350 bits per heavy atom. The Kier molecular flexibility index (Phi) is 6.90. The van der Waals surface area contributed by atoms with E-state index in [0.29, 0.717) is 0 Å². The fourth-order valence-corrected chi connectivity index (χ4v) is 10.0. The number of rotatable bonds is 3. The van der Waals surface area contributed by atoms with Crippen molar-refractivity contribution in [2.45, 2.75) is 5.41 Å². The predicted octanol–water partition coefficient (Wildman–Crippen LogP) is 14.0. The molecule has 4 heteroatoms. The summed E-state index contributed by atoms with van der Waals surface area (Å²) >= 11 is 0. The fraction of sp³-hybridized carbons (Fsp3) is 0.0179. The third-order valence-corrected chi connectivity index (χ3v) is 12.7. The molecular formula is C56H33N3O. The number of aromatic nitrogens is 3. The molecule has 0 saturated heterocycles. The van der Waals surface area contributed by atoms with Crippen LogP contribution in [0, 0.1) is 0 Å². The molecule has 0 saturated carbocycles. The highest BCUT2D eigenvalue weighted by Gasteiger charge is 2.51. The SMILES string of the molecule is c1ccc(-c2ccc3ccc4ccc(-c5ccc6nc(-c7ccccc7)c7cc8c(cc7c6c5)C5(c6ccccc6Oc6ccccc65)c5ccccc5-8)nc4c3n2)cc1. The molecule has 4 nitrogen and oxygen atoms in total. The zero-order chi connectivity index (χ0) is 39.4. The summed E-state index contributed by atoms with van der Waals surface area (Å²) in [7, 11) is 0. The van der Waals surface area contributed by atoms with Gasteiger partial charge in [-0.25, -0.2) is 15.0 Å². The van der Waals surface area contributed by atoms with Gasteiger partial charge in [-0.15, -0.1) is 0 Å². The lowest BCUT2D eigenvalue weighted by molar-refractivity contribution is 0.436. The van der Waals surface area contributed by atoms with Gasteiger partial charge in [-0.3, -0.25) is 0 Å². The van der Waals surface area contributed by atoms with Crippen LogP contribution in [-0.2, 0) is 5.41 Å². The Balaban J connectivity index is 1.09. The van der Waals surface area contributed by atoms with Gasteiger partial charge in [0, 0.05) is 49.4 Å². The number of benzene rings is 8. The number of nitrogens with zero attached hydrogens (tertiary/aromatic N) is 3. The minimum atomic E-state index is -0.585. The zero-order valence-corrected chi connectivity index (χ0v) is 32.3. The van der Waals surface area contributed by atoms with Crippen LogP contribution >= 0.6 is 0 Å². The molecule has 0 radical (unpaired) electrons. The average Bonchev–Trinajstić information content (AvgIpc) is 3.60. The van der Waals surface area contributed by atoms with Gasteiger partial charge in [0.25, 0.3) is 0 Å². The van der Waals surface area contributed by atoms with Crippen molar-refractivity contribution in [1.82, 2.24) is 15.0 Å².